The number of methoxy groups -OCH3 is 1. The van der Waals surface area contributed by atoms with Crippen molar-refractivity contribution in [1.29, 1.82) is 0 Å². The maximum atomic E-state index is 12.7. The van der Waals surface area contributed by atoms with E-state index in [9.17, 15) is 19.7 Å². The van der Waals surface area contributed by atoms with Crippen LogP contribution in [0, 0.1) is 10.1 Å². The van der Waals surface area contributed by atoms with Gasteiger partial charge in [0.15, 0.2) is 4.80 Å². The van der Waals surface area contributed by atoms with E-state index in [1.807, 2.05) is 6.92 Å². The average Bonchev–Trinajstić information content (AvgIpc) is 3.04. The Morgan fingerprint density at radius 2 is 2.00 bits per heavy atom. The fraction of sp³-hybridized carbons (Fsp3) is 0.211. The van der Waals surface area contributed by atoms with Crippen LogP contribution < -0.4 is 9.54 Å². The Kier molecular flexibility index (Phi) is 6.03. The van der Waals surface area contributed by atoms with Crippen LogP contribution in [0.1, 0.15) is 17.3 Å². The van der Waals surface area contributed by atoms with Gasteiger partial charge in [-0.3, -0.25) is 19.7 Å². The summed E-state index contributed by atoms with van der Waals surface area (Å²) in [4.78, 5) is 39.4. The molecule has 9 nitrogen and oxygen atoms in total. The van der Waals surface area contributed by atoms with E-state index in [0.717, 1.165) is 4.70 Å². The van der Waals surface area contributed by atoms with Crippen LogP contribution in [-0.2, 0) is 16.1 Å². The van der Waals surface area contributed by atoms with Crippen molar-refractivity contribution in [3.8, 4) is 5.75 Å². The van der Waals surface area contributed by atoms with Gasteiger partial charge in [0.2, 0.25) is 0 Å². The molecular formula is C19H17N3O6S. The molecule has 0 saturated carbocycles. The zero-order valence-corrected chi connectivity index (χ0v) is 16.5. The lowest BCUT2D eigenvalue weighted by Gasteiger charge is -2.05. The van der Waals surface area contributed by atoms with Gasteiger partial charge in [-0.1, -0.05) is 23.5 Å². The van der Waals surface area contributed by atoms with Crippen LogP contribution in [0.4, 0.5) is 5.69 Å². The first-order valence-electron chi connectivity index (χ1n) is 8.60. The van der Waals surface area contributed by atoms with E-state index in [1.165, 1.54) is 47.3 Å². The molecule has 0 saturated heterocycles. The van der Waals surface area contributed by atoms with Crippen molar-refractivity contribution in [1.82, 2.24) is 4.57 Å². The van der Waals surface area contributed by atoms with E-state index in [4.69, 9.17) is 9.47 Å². The quantitative estimate of drug-likeness (QED) is 0.347. The summed E-state index contributed by atoms with van der Waals surface area (Å²) in [5.41, 5.74) is 0.202. The molecule has 1 heterocycles. The van der Waals surface area contributed by atoms with Gasteiger partial charge in [0.25, 0.3) is 11.6 Å². The molecule has 10 heteroatoms. The molecule has 3 rings (SSSR count). The number of amides is 1. The van der Waals surface area contributed by atoms with Crippen LogP contribution in [0.3, 0.4) is 0 Å². The van der Waals surface area contributed by atoms with Crippen LogP contribution in [0.2, 0.25) is 0 Å². The van der Waals surface area contributed by atoms with Crippen LogP contribution >= 0.6 is 11.3 Å². The normalized spacial score (nSPS) is 11.4. The van der Waals surface area contributed by atoms with E-state index >= 15 is 0 Å². The van der Waals surface area contributed by atoms with Gasteiger partial charge in [-0.2, -0.15) is 4.99 Å². The van der Waals surface area contributed by atoms with E-state index in [2.05, 4.69) is 4.99 Å². The number of para-hydroxylation sites is 1. The molecular weight excluding hydrogens is 398 g/mol. The molecule has 0 atom stereocenters. The number of carbonyl (C=O) groups excluding carboxylic acids is 2. The molecule has 0 unspecified atom stereocenters. The van der Waals surface area contributed by atoms with Crippen molar-refractivity contribution in [2.75, 3.05) is 13.7 Å². The lowest BCUT2D eigenvalue weighted by Crippen LogP contribution is -2.22. The third kappa shape index (κ3) is 4.32. The van der Waals surface area contributed by atoms with E-state index < -0.39 is 16.8 Å². The van der Waals surface area contributed by atoms with E-state index in [1.54, 1.807) is 18.2 Å². The summed E-state index contributed by atoms with van der Waals surface area (Å²) in [6, 6.07) is 10.9. The van der Waals surface area contributed by atoms with Gasteiger partial charge >= 0.3 is 5.97 Å². The highest BCUT2D eigenvalue weighted by atomic mass is 32.1. The number of rotatable bonds is 6. The van der Waals surface area contributed by atoms with Crippen LogP contribution in [0.5, 0.6) is 5.75 Å². The topological polar surface area (TPSA) is 113 Å². The lowest BCUT2D eigenvalue weighted by molar-refractivity contribution is -0.385. The minimum Gasteiger partial charge on any atom is -0.494 e. The monoisotopic (exact) mass is 415 g/mol. The molecule has 2 aromatic carbocycles. The van der Waals surface area contributed by atoms with Gasteiger partial charge in [0, 0.05) is 6.07 Å². The molecule has 0 N–H and O–H groups in total. The van der Waals surface area contributed by atoms with Gasteiger partial charge in [0.1, 0.15) is 17.9 Å². The third-order valence-corrected chi connectivity index (χ3v) is 5.05. The summed E-state index contributed by atoms with van der Waals surface area (Å²) in [5.74, 6) is -0.645. The zero-order chi connectivity index (χ0) is 21.0. The highest BCUT2D eigenvalue weighted by Crippen LogP contribution is 2.24. The maximum Gasteiger partial charge on any atom is 0.325 e. The first-order chi connectivity index (χ1) is 13.9. The van der Waals surface area contributed by atoms with E-state index in [0.29, 0.717) is 17.9 Å². The fourth-order valence-corrected chi connectivity index (χ4v) is 3.76. The van der Waals surface area contributed by atoms with Gasteiger partial charge in [-0.25, -0.2) is 0 Å². The number of nitrogens with zero attached hydrogens (tertiary/aromatic N) is 3. The Labute approximate surface area is 169 Å². The van der Waals surface area contributed by atoms with Gasteiger partial charge in [-0.15, -0.1) is 0 Å². The minimum atomic E-state index is -0.771. The fourth-order valence-electron chi connectivity index (χ4n) is 2.70. The number of hydrogen-bond acceptors (Lipinski definition) is 7. The summed E-state index contributed by atoms with van der Waals surface area (Å²) in [6.45, 7) is 2.20. The van der Waals surface area contributed by atoms with Crippen LogP contribution in [0.15, 0.2) is 47.5 Å². The van der Waals surface area contributed by atoms with E-state index in [-0.39, 0.29) is 22.6 Å². The number of thiazole rings is 1. The number of benzene rings is 2. The molecule has 3 aromatic rings. The predicted octanol–water partition coefficient (Wildman–Crippen LogP) is 2.92. The molecule has 0 spiro atoms. The smallest absolute Gasteiger partial charge is 0.325 e. The Morgan fingerprint density at radius 3 is 2.69 bits per heavy atom. The Morgan fingerprint density at radius 1 is 1.24 bits per heavy atom. The summed E-state index contributed by atoms with van der Waals surface area (Å²) >= 11 is 1.17. The van der Waals surface area contributed by atoms with Crippen LogP contribution in [-0.4, -0.2) is 35.1 Å². The Balaban J connectivity index is 2.16. The number of ether oxygens (including phenoxy) is 2. The average molecular weight is 415 g/mol. The largest absolute Gasteiger partial charge is 0.494 e. The van der Waals surface area contributed by atoms with Crippen molar-refractivity contribution in [3.05, 3.63) is 62.9 Å². The molecule has 0 fully saturated rings. The predicted molar refractivity (Wildman–Crippen MR) is 106 cm³/mol. The second-order valence-corrected chi connectivity index (χ2v) is 6.81. The highest BCUT2D eigenvalue weighted by Gasteiger charge is 2.20. The van der Waals surface area contributed by atoms with Crippen molar-refractivity contribution < 1.29 is 24.0 Å². The van der Waals surface area contributed by atoms with Gasteiger partial charge in [-0.05, 0) is 31.2 Å². The molecule has 1 aromatic heterocycles. The maximum absolute atomic E-state index is 12.7. The Bertz CT molecular complexity index is 1160. The summed E-state index contributed by atoms with van der Waals surface area (Å²) in [6.07, 6.45) is 0. The standard InChI is InChI=1S/C19H17N3O6S/c1-3-28-12-8-9-15-16(10-12)29-19(21(15)11-17(23)27-2)20-18(24)13-6-4-5-7-14(13)22(25)26/h4-10H,3,11H2,1-2H3. The van der Waals surface area contributed by atoms with Gasteiger partial charge < -0.3 is 14.0 Å². The first kappa shape index (κ1) is 20.2. The lowest BCUT2D eigenvalue weighted by atomic mass is 10.2. The highest BCUT2D eigenvalue weighted by molar-refractivity contribution is 7.16. The Hall–Kier alpha value is -3.53. The van der Waals surface area contributed by atoms with Crippen molar-refractivity contribution in [2.45, 2.75) is 13.5 Å². The van der Waals surface area contributed by atoms with Gasteiger partial charge in [0.05, 0.1) is 28.9 Å². The summed E-state index contributed by atoms with van der Waals surface area (Å²) in [5, 5.41) is 11.2. The number of nitro benzene ring substituents is 1. The SMILES string of the molecule is CCOc1ccc2c(c1)sc(=NC(=O)c1ccccc1[N+](=O)[O-])n2CC(=O)OC. The second-order valence-electron chi connectivity index (χ2n) is 5.80. The minimum absolute atomic E-state index is 0.130. The molecule has 29 heavy (non-hydrogen) atoms. The number of nitro groups is 1. The van der Waals surface area contributed by atoms with Crippen molar-refractivity contribution in [2.24, 2.45) is 4.99 Å². The number of fused-ring (bicyclic) bond motifs is 1. The summed E-state index contributed by atoms with van der Waals surface area (Å²) in [7, 11) is 1.26. The van der Waals surface area contributed by atoms with Crippen molar-refractivity contribution >= 4 is 39.1 Å². The number of esters is 1. The molecule has 0 aliphatic rings. The number of hydrogen-bond donors (Lipinski definition) is 0. The molecule has 0 aliphatic heterocycles. The summed E-state index contributed by atoms with van der Waals surface area (Å²) < 4.78 is 12.5. The molecule has 0 radical (unpaired) electrons. The second kappa shape index (κ2) is 8.65. The third-order valence-electron chi connectivity index (χ3n) is 4.01. The van der Waals surface area contributed by atoms with Crippen LogP contribution in [0.25, 0.3) is 10.2 Å². The molecule has 150 valence electrons. The number of carbonyl (C=O) groups is 2. The zero-order valence-electron chi connectivity index (χ0n) is 15.7. The molecule has 1 amide bonds. The van der Waals surface area contributed by atoms with Crippen molar-refractivity contribution in [3.63, 3.8) is 0 Å². The number of aromatic nitrogens is 1. The first-order valence-corrected chi connectivity index (χ1v) is 9.41. The molecule has 0 aliphatic carbocycles. The molecule has 0 bridgehead atoms.